The number of hydrogen-bond donors (Lipinski definition) is 2. The molecule has 170 valence electrons. The summed E-state index contributed by atoms with van der Waals surface area (Å²) in [4.78, 5) is 7.30. The Labute approximate surface area is 197 Å². The molecule has 10 heteroatoms. The molecule has 2 N–H and O–H groups in total. The van der Waals surface area contributed by atoms with Crippen LogP contribution in [0.2, 0.25) is 6.82 Å². The van der Waals surface area contributed by atoms with Crippen molar-refractivity contribution in [2.75, 3.05) is 18.4 Å². The largest absolute Gasteiger partial charge is 0.437 e. The molecule has 1 aliphatic carbocycles. The van der Waals surface area contributed by atoms with Crippen molar-refractivity contribution >= 4 is 34.4 Å². The van der Waals surface area contributed by atoms with Gasteiger partial charge in [-0.2, -0.15) is 14.7 Å². The van der Waals surface area contributed by atoms with Crippen LogP contribution in [0.5, 0.6) is 0 Å². The third kappa shape index (κ3) is 4.20. The Hall–Kier alpha value is -1.91. The number of fused-ring (bicyclic) bond motifs is 1. The summed E-state index contributed by atoms with van der Waals surface area (Å²) in [6, 6.07) is 0.449. The molecule has 1 aliphatic heterocycles. The van der Waals surface area contributed by atoms with E-state index in [9.17, 15) is 5.02 Å². The molecular formula is C22H31BBrN7O. The molecule has 0 bridgehead atoms. The van der Waals surface area contributed by atoms with Crippen LogP contribution in [0, 0.1) is 0 Å². The number of piperidine rings is 1. The van der Waals surface area contributed by atoms with Crippen LogP contribution >= 0.6 is 15.9 Å². The number of nitrogens with one attached hydrogen (secondary N) is 1. The van der Waals surface area contributed by atoms with E-state index in [1.807, 2.05) is 37.0 Å². The van der Waals surface area contributed by atoms with Gasteiger partial charge in [-0.15, -0.1) is 0 Å². The number of halogens is 1. The summed E-state index contributed by atoms with van der Waals surface area (Å²) in [5.74, 6) is 1.24. The van der Waals surface area contributed by atoms with Crippen LogP contribution in [0.15, 0.2) is 23.1 Å². The topological polar surface area (TPSA) is 83.5 Å². The van der Waals surface area contributed by atoms with E-state index < -0.39 is 7.05 Å². The fourth-order valence-electron chi connectivity index (χ4n) is 5.16. The van der Waals surface area contributed by atoms with Gasteiger partial charge < -0.3 is 15.2 Å². The zero-order valence-corrected chi connectivity index (χ0v) is 20.4. The molecule has 1 saturated heterocycles. The number of aromatic nitrogens is 5. The van der Waals surface area contributed by atoms with E-state index in [1.165, 1.54) is 32.1 Å². The Balaban J connectivity index is 1.61. The normalized spacial score (nSPS) is 20.7. The lowest BCUT2D eigenvalue weighted by atomic mass is 9.80. The fourth-order valence-corrected chi connectivity index (χ4v) is 5.85. The van der Waals surface area contributed by atoms with Gasteiger partial charge in [0.25, 0.3) is 0 Å². The molecule has 8 nitrogen and oxygen atoms in total. The molecule has 3 aromatic heterocycles. The SMILES string of the molecule is CB(O)N1CCCC(c2nc3c(-c4cnn(C)c4)cnn3c(NC3CCCCC3)c2Br)C1. The zero-order valence-electron chi connectivity index (χ0n) is 18.8. The van der Waals surface area contributed by atoms with Gasteiger partial charge in [0.2, 0.25) is 0 Å². The van der Waals surface area contributed by atoms with Crippen molar-refractivity contribution in [1.82, 2.24) is 29.2 Å². The van der Waals surface area contributed by atoms with E-state index in [0.717, 1.165) is 58.7 Å². The molecule has 0 aromatic carbocycles. The lowest BCUT2D eigenvalue weighted by Gasteiger charge is -2.34. The summed E-state index contributed by atoms with van der Waals surface area (Å²) in [7, 11) is 1.48. The highest BCUT2D eigenvalue weighted by Gasteiger charge is 2.30. The maximum atomic E-state index is 10.2. The van der Waals surface area contributed by atoms with Gasteiger partial charge in [0, 0.05) is 36.3 Å². The average Bonchev–Trinajstić information content (AvgIpc) is 3.42. The van der Waals surface area contributed by atoms with Crippen LogP contribution in [0.1, 0.15) is 56.6 Å². The van der Waals surface area contributed by atoms with Gasteiger partial charge in [-0.25, -0.2) is 4.98 Å². The van der Waals surface area contributed by atoms with Crippen LogP contribution < -0.4 is 5.32 Å². The lowest BCUT2D eigenvalue weighted by molar-refractivity contribution is 0.282. The standard InChI is InChI=1S/C22H31BBrN7O/c1-23(32)30-10-6-7-15(14-30)20-19(24)22(27-17-8-4-3-5-9-17)31-21(28-20)18(12-26-31)16-11-25-29(2)13-16/h11-13,15,17,27,32H,3-10,14H2,1-2H3. The molecule has 2 fully saturated rings. The smallest absolute Gasteiger partial charge is 0.376 e. The fraction of sp³-hybridized carbons (Fsp3) is 0.591. The molecule has 1 unspecified atom stereocenters. The summed E-state index contributed by atoms with van der Waals surface area (Å²) >= 11 is 3.91. The molecule has 1 atom stereocenters. The second kappa shape index (κ2) is 9.15. The van der Waals surface area contributed by atoms with Gasteiger partial charge >= 0.3 is 7.05 Å². The Bertz CT molecular complexity index is 1090. The van der Waals surface area contributed by atoms with Crippen molar-refractivity contribution in [3.63, 3.8) is 0 Å². The second-order valence-electron chi connectivity index (χ2n) is 9.30. The molecule has 0 amide bonds. The van der Waals surface area contributed by atoms with Crippen LogP contribution in [0.4, 0.5) is 5.82 Å². The van der Waals surface area contributed by atoms with E-state index in [2.05, 4.69) is 31.2 Å². The van der Waals surface area contributed by atoms with Crippen LogP contribution in [-0.4, -0.2) is 60.4 Å². The third-order valence-corrected chi connectivity index (χ3v) is 7.73. The van der Waals surface area contributed by atoms with Gasteiger partial charge in [-0.1, -0.05) is 19.3 Å². The van der Waals surface area contributed by atoms with E-state index in [0.29, 0.717) is 6.04 Å². The quantitative estimate of drug-likeness (QED) is 0.517. The Morgan fingerprint density at radius 2 is 1.94 bits per heavy atom. The average molecular weight is 500 g/mol. The number of anilines is 1. The van der Waals surface area contributed by atoms with Crippen molar-refractivity contribution in [3.8, 4) is 11.1 Å². The van der Waals surface area contributed by atoms with Gasteiger partial charge in [0.15, 0.2) is 5.65 Å². The van der Waals surface area contributed by atoms with Crippen LogP contribution in [-0.2, 0) is 7.05 Å². The minimum atomic E-state index is -0.443. The highest BCUT2D eigenvalue weighted by molar-refractivity contribution is 9.10. The molecule has 3 aromatic rings. The van der Waals surface area contributed by atoms with E-state index >= 15 is 0 Å². The lowest BCUT2D eigenvalue weighted by Crippen LogP contribution is -2.43. The predicted molar refractivity (Wildman–Crippen MR) is 131 cm³/mol. The van der Waals surface area contributed by atoms with E-state index in [-0.39, 0.29) is 5.92 Å². The highest BCUT2D eigenvalue weighted by atomic mass is 79.9. The maximum Gasteiger partial charge on any atom is 0.376 e. The van der Waals surface area contributed by atoms with Crippen LogP contribution in [0.25, 0.3) is 16.8 Å². The number of rotatable bonds is 5. The number of hydrogen-bond acceptors (Lipinski definition) is 6. The minimum Gasteiger partial charge on any atom is -0.437 e. The zero-order chi connectivity index (χ0) is 22.2. The molecule has 0 spiro atoms. The first-order chi connectivity index (χ1) is 15.5. The van der Waals surface area contributed by atoms with Crippen molar-refractivity contribution in [3.05, 3.63) is 28.8 Å². The summed E-state index contributed by atoms with van der Waals surface area (Å²) in [5.41, 5.74) is 3.90. The van der Waals surface area contributed by atoms with E-state index in [1.54, 1.807) is 4.68 Å². The molecule has 1 saturated carbocycles. The number of aryl methyl sites for hydroxylation is 1. The highest BCUT2D eigenvalue weighted by Crippen LogP contribution is 2.38. The molecule has 32 heavy (non-hydrogen) atoms. The molecule has 4 heterocycles. The molecular weight excluding hydrogens is 469 g/mol. The van der Waals surface area contributed by atoms with E-state index in [4.69, 9.17) is 10.1 Å². The van der Waals surface area contributed by atoms with Crippen molar-refractivity contribution in [2.24, 2.45) is 7.05 Å². The van der Waals surface area contributed by atoms with Crippen molar-refractivity contribution in [2.45, 2.75) is 63.7 Å². The van der Waals surface area contributed by atoms with Gasteiger partial charge in [0.1, 0.15) is 5.82 Å². The van der Waals surface area contributed by atoms with Gasteiger partial charge in [0.05, 0.1) is 22.6 Å². The van der Waals surface area contributed by atoms with Gasteiger partial charge in [-0.05, 0) is 61.5 Å². The maximum absolute atomic E-state index is 10.2. The van der Waals surface area contributed by atoms with Crippen molar-refractivity contribution < 1.29 is 5.02 Å². The predicted octanol–water partition coefficient (Wildman–Crippen LogP) is 3.93. The summed E-state index contributed by atoms with van der Waals surface area (Å²) in [6.07, 6.45) is 14.1. The number of nitrogens with zero attached hydrogens (tertiary/aromatic N) is 6. The Kier molecular flexibility index (Phi) is 6.27. The molecule has 0 radical (unpaired) electrons. The first kappa shape index (κ1) is 21.9. The van der Waals surface area contributed by atoms with Crippen LogP contribution in [0.3, 0.4) is 0 Å². The Morgan fingerprint density at radius 1 is 1.12 bits per heavy atom. The summed E-state index contributed by atoms with van der Waals surface area (Å²) in [6.45, 7) is 3.58. The first-order valence-electron chi connectivity index (χ1n) is 11.8. The first-order valence-corrected chi connectivity index (χ1v) is 12.6. The van der Waals surface area contributed by atoms with Crippen molar-refractivity contribution in [1.29, 1.82) is 0 Å². The molecule has 5 rings (SSSR count). The third-order valence-electron chi connectivity index (χ3n) is 6.94. The monoisotopic (exact) mass is 499 g/mol. The molecule has 2 aliphatic rings. The summed E-state index contributed by atoms with van der Waals surface area (Å²) < 4.78 is 4.75. The second-order valence-corrected chi connectivity index (χ2v) is 10.1. The van der Waals surface area contributed by atoms with Gasteiger partial charge in [-0.3, -0.25) is 4.68 Å². The summed E-state index contributed by atoms with van der Waals surface area (Å²) in [5, 5.41) is 23.1. The minimum absolute atomic E-state index is 0.251. The Morgan fingerprint density at radius 3 is 2.66 bits per heavy atom.